The van der Waals surface area contributed by atoms with Crippen LogP contribution in [0.15, 0.2) is 18.2 Å². The summed E-state index contributed by atoms with van der Waals surface area (Å²) in [6, 6.07) is 4.88. The maximum absolute atomic E-state index is 10.3. The molecule has 0 saturated carbocycles. The number of carbonyl (C=O) groups is 1. The molecule has 0 bridgehead atoms. The highest BCUT2D eigenvalue weighted by Gasteiger charge is 2.21. The number of benzene rings is 1. The molecule has 0 unspecified atom stereocenters. The van der Waals surface area contributed by atoms with Crippen molar-refractivity contribution in [3.63, 3.8) is 0 Å². The van der Waals surface area contributed by atoms with Crippen LogP contribution in [-0.4, -0.2) is 30.9 Å². The minimum atomic E-state index is -1.03. The van der Waals surface area contributed by atoms with Gasteiger partial charge in [0.25, 0.3) is 0 Å². The van der Waals surface area contributed by atoms with Crippen LogP contribution in [0.5, 0.6) is 5.75 Å². The average Bonchev–Trinajstić information content (AvgIpc) is 2.79. The smallest absolute Gasteiger partial charge is 0.341 e. The normalized spacial score (nSPS) is 16.1. The Hall–Kier alpha value is -1.30. The Balaban J connectivity index is 2.08. The van der Waals surface area contributed by atoms with Crippen molar-refractivity contribution >= 4 is 17.6 Å². The van der Waals surface area contributed by atoms with Gasteiger partial charge in [0.2, 0.25) is 0 Å². The lowest BCUT2D eigenvalue weighted by Crippen LogP contribution is -2.09. The molecule has 0 spiro atoms. The molecule has 0 aliphatic carbocycles. The number of carboxylic acid groups (broad SMARTS) is 1. The number of ether oxygens (including phenoxy) is 3. The lowest BCUT2D eigenvalue weighted by atomic mass is 10.2. The molecule has 6 heteroatoms. The summed E-state index contributed by atoms with van der Waals surface area (Å²) in [6.07, 6.45) is -0.448. The van der Waals surface area contributed by atoms with E-state index in [1.54, 1.807) is 18.2 Å². The van der Waals surface area contributed by atoms with Gasteiger partial charge in [0.1, 0.15) is 5.75 Å². The first-order valence-corrected chi connectivity index (χ1v) is 5.42. The molecule has 1 saturated heterocycles. The topological polar surface area (TPSA) is 65.0 Å². The molecule has 0 aromatic heterocycles. The number of hydrogen-bond acceptors (Lipinski definition) is 4. The first-order chi connectivity index (χ1) is 8.16. The van der Waals surface area contributed by atoms with Crippen molar-refractivity contribution in [3.8, 4) is 5.75 Å². The van der Waals surface area contributed by atoms with Crippen LogP contribution in [0.4, 0.5) is 0 Å². The molecule has 0 amide bonds. The van der Waals surface area contributed by atoms with Gasteiger partial charge >= 0.3 is 5.97 Å². The number of carboxylic acids is 1. The molecule has 1 aromatic rings. The SMILES string of the molecule is O=C(O)COc1ccc(C2OCCO2)c(Cl)c1. The predicted molar refractivity (Wildman–Crippen MR) is 59.2 cm³/mol. The fourth-order valence-corrected chi connectivity index (χ4v) is 1.73. The van der Waals surface area contributed by atoms with E-state index in [-0.39, 0.29) is 0 Å². The zero-order valence-corrected chi connectivity index (χ0v) is 9.64. The van der Waals surface area contributed by atoms with E-state index in [1.165, 1.54) is 0 Å². The van der Waals surface area contributed by atoms with Gasteiger partial charge in [0.15, 0.2) is 12.9 Å². The van der Waals surface area contributed by atoms with Crippen LogP contribution in [-0.2, 0) is 14.3 Å². The Morgan fingerprint density at radius 2 is 2.18 bits per heavy atom. The summed E-state index contributed by atoms with van der Waals surface area (Å²) in [5, 5.41) is 8.90. The lowest BCUT2D eigenvalue weighted by molar-refractivity contribution is -0.139. The van der Waals surface area contributed by atoms with Gasteiger partial charge in [-0.15, -0.1) is 0 Å². The fourth-order valence-electron chi connectivity index (χ4n) is 1.47. The number of halogens is 1. The van der Waals surface area contributed by atoms with Gasteiger partial charge in [0.05, 0.1) is 18.2 Å². The summed E-state index contributed by atoms with van der Waals surface area (Å²) in [5.41, 5.74) is 0.715. The van der Waals surface area contributed by atoms with Gasteiger partial charge < -0.3 is 19.3 Å². The van der Waals surface area contributed by atoms with E-state index in [9.17, 15) is 4.79 Å². The quantitative estimate of drug-likeness (QED) is 0.893. The number of rotatable bonds is 4. The maximum Gasteiger partial charge on any atom is 0.341 e. The molecule has 5 nitrogen and oxygen atoms in total. The molecule has 0 atom stereocenters. The van der Waals surface area contributed by atoms with Crippen molar-refractivity contribution in [3.05, 3.63) is 28.8 Å². The Labute approximate surface area is 103 Å². The second-order valence-electron chi connectivity index (χ2n) is 3.44. The van der Waals surface area contributed by atoms with Crippen molar-refractivity contribution < 1.29 is 24.1 Å². The molecule has 1 heterocycles. The van der Waals surface area contributed by atoms with Gasteiger partial charge in [-0.1, -0.05) is 11.6 Å². The fraction of sp³-hybridized carbons (Fsp3) is 0.364. The Morgan fingerprint density at radius 1 is 1.47 bits per heavy atom. The van der Waals surface area contributed by atoms with Crippen LogP contribution in [0, 0.1) is 0 Å². The second kappa shape index (κ2) is 5.35. The van der Waals surface area contributed by atoms with Crippen LogP contribution in [0.1, 0.15) is 11.9 Å². The second-order valence-corrected chi connectivity index (χ2v) is 3.85. The van der Waals surface area contributed by atoms with Crippen molar-refractivity contribution in [2.75, 3.05) is 19.8 Å². The van der Waals surface area contributed by atoms with E-state index in [1.807, 2.05) is 0 Å². The highest BCUT2D eigenvalue weighted by molar-refractivity contribution is 6.31. The summed E-state index contributed by atoms with van der Waals surface area (Å²) in [5.74, 6) is -0.633. The summed E-state index contributed by atoms with van der Waals surface area (Å²) < 4.78 is 15.6. The third kappa shape index (κ3) is 3.09. The lowest BCUT2D eigenvalue weighted by Gasteiger charge is -2.12. The maximum atomic E-state index is 10.3. The molecule has 1 fully saturated rings. The van der Waals surface area contributed by atoms with Gasteiger partial charge in [0, 0.05) is 5.56 Å². The third-order valence-electron chi connectivity index (χ3n) is 2.21. The van der Waals surface area contributed by atoms with E-state index in [0.29, 0.717) is 29.5 Å². The largest absolute Gasteiger partial charge is 0.482 e. The Bertz CT molecular complexity index is 414. The standard InChI is InChI=1S/C11H11ClO5/c12-9-5-7(17-6-10(13)14)1-2-8(9)11-15-3-4-16-11/h1-2,5,11H,3-4,6H2,(H,13,14). The first kappa shape index (κ1) is 12.2. The molecule has 92 valence electrons. The van der Waals surface area contributed by atoms with Crippen molar-refractivity contribution in [2.24, 2.45) is 0 Å². The minimum Gasteiger partial charge on any atom is -0.482 e. The van der Waals surface area contributed by atoms with Crippen LogP contribution in [0.3, 0.4) is 0 Å². The first-order valence-electron chi connectivity index (χ1n) is 5.04. The zero-order chi connectivity index (χ0) is 12.3. The summed E-state index contributed by atoms with van der Waals surface area (Å²) in [6.45, 7) is 0.683. The molecular formula is C11H11ClO5. The molecule has 1 aliphatic heterocycles. The van der Waals surface area contributed by atoms with Crippen LogP contribution < -0.4 is 4.74 Å². The highest BCUT2D eigenvalue weighted by Crippen LogP contribution is 2.31. The van der Waals surface area contributed by atoms with Gasteiger partial charge in [-0.2, -0.15) is 0 Å². The summed E-state index contributed by atoms with van der Waals surface area (Å²) >= 11 is 6.04. The third-order valence-corrected chi connectivity index (χ3v) is 2.54. The molecule has 17 heavy (non-hydrogen) atoms. The van der Waals surface area contributed by atoms with E-state index < -0.39 is 18.9 Å². The predicted octanol–water partition coefficient (Wildman–Crippen LogP) is 1.85. The van der Waals surface area contributed by atoms with Gasteiger partial charge in [-0.05, 0) is 18.2 Å². The van der Waals surface area contributed by atoms with Gasteiger partial charge in [-0.25, -0.2) is 4.79 Å². The van der Waals surface area contributed by atoms with Crippen LogP contribution in [0.25, 0.3) is 0 Å². The van der Waals surface area contributed by atoms with Crippen LogP contribution >= 0.6 is 11.6 Å². The average molecular weight is 259 g/mol. The van der Waals surface area contributed by atoms with Crippen molar-refractivity contribution in [1.82, 2.24) is 0 Å². The summed E-state index contributed by atoms with van der Waals surface area (Å²) in [4.78, 5) is 10.3. The highest BCUT2D eigenvalue weighted by atomic mass is 35.5. The molecule has 0 radical (unpaired) electrons. The number of hydrogen-bond donors (Lipinski definition) is 1. The van der Waals surface area contributed by atoms with E-state index >= 15 is 0 Å². The van der Waals surface area contributed by atoms with E-state index in [0.717, 1.165) is 0 Å². The van der Waals surface area contributed by atoms with E-state index in [4.69, 9.17) is 30.9 Å². The van der Waals surface area contributed by atoms with Crippen molar-refractivity contribution in [1.29, 1.82) is 0 Å². The zero-order valence-electron chi connectivity index (χ0n) is 8.89. The molecule has 1 aromatic carbocycles. The molecule has 2 rings (SSSR count). The molecule has 1 N–H and O–H groups in total. The Morgan fingerprint density at radius 3 is 2.76 bits per heavy atom. The Kier molecular flexibility index (Phi) is 3.83. The monoisotopic (exact) mass is 258 g/mol. The number of aliphatic carboxylic acids is 1. The molecular weight excluding hydrogens is 248 g/mol. The minimum absolute atomic E-state index is 0.397. The van der Waals surface area contributed by atoms with E-state index in [2.05, 4.69) is 0 Å². The van der Waals surface area contributed by atoms with Crippen molar-refractivity contribution in [2.45, 2.75) is 6.29 Å². The summed E-state index contributed by atoms with van der Waals surface area (Å²) in [7, 11) is 0. The van der Waals surface area contributed by atoms with Crippen LogP contribution in [0.2, 0.25) is 5.02 Å². The molecule has 1 aliphatic rings. The van der Waals surface area contributed by atoms with Gasteiger partial charge in [-0.3, -0.25) is 0 Å².